The van der Waals surface area contributed by atoms with Crippen molar-refractivity contribution in [3.8, 4) is 11.8 Å². The van der Waals surface area contributed by atoms with Gasteiger partial charge in [0.1, 0.15) is 22.2 Å². The van der Waals surface area contributed by atoms with Crippen LogP contribution in [0, 0.1) is 17.2 Å². The summed E-state index contributed by atoms with van der Waals surface area (Å²) in [5.41, 5.74) is 10.5. The second-order valence-corrected chi connectivity index (χ2v) is 13.0. The molecule has 2 N–H and O–H groups in total. The van der Waals surface area contributed by atoms with Gasteiger partial charge in [0, 0.05) is 23.3 Å². The number of nitrogens with zero attached hydrogens (tertiary/aromatic N) is 2. The number of benzene rings is 1. The summed E-state index contributed by atoms with van der Waals surface area (Å²) >= 11 is 1.04. The minimum absolute atomic E-state index is 0.107. The van der Waals surface area contributed by atoms with Crippen molar-refractivity contribution in [2.45, 2.75) is 47.2 Å². The van der Waals surface area contributed by atoms with E-state index in [-0.39, 0.29) is 27.5 Å². The number of allylic oxidation sites excluding steroid dienone is 3. The molecule has 5 unspecified atom stereocenters. The summed E-state index contributed by atoms with van der Waals surface area (Å²) < 4.78 is 44.5. The fourth-order valence-corrected chi connectivity index (χ4v) is 10.2. The predicted octanol–water partition coefficient (Wildman–Crippen LogP) is 4.00. The second-order valence-electron chi connectivity index (χ2n) is 9.48. The number of aliphatic imine (C=N–C) groups is 1. The van der Waals surface area contributed by atoms with E-state index in [0.717, 1.165) is 41.3 Å². The number of hydrogen-bond acceptors (Lipinski definition) is 9. The zero-order valence-corrected chi connectivity index (χ0v) is 21.7. The van der Waals surface area contributed by atoms with E-state index in [1.807, 2.05) is 6.07 Å². The van der Waals surface area contributed by atoms with Gasteiger partial charge in [0.2, 0.25) is 0 Å². The average molecular weight is 524 g/mol. The van der Waals surface area contributed by atoms with Crippen LogP contribution in [0.2, 0.25) is 0 Å². The Bertz CT molecular complexity index is 1500. The van der Waals surface area contributed by atoms with Crippen molar-refractivity contribution < 1.29 is 22.6 Å². The van der Waals surface area contributed by atoms with Crippen LogP contribution in [0.3, 0.4) is 0 Å². The van der Waals surface area contributed by atoms with E-state index in [9.17, 15) is 13.7 Å². The molecule has 4 heterocycles. The normalized spacial score (nSPS) is 31.3. The number of nitrogens with two attached hydrogens (primary N) is 1. The van der Waals surface area contributed by atoms with Crippen molar-refractivity contribution in [3.63, 3.8) is 0 Å². The van der Waals surface area contributed by atoms with Crippen LogP contribution in [0.25, 0.3) is 0 Å². The Kier molecular flexibility index (Phi) is 5.28. The minimum atomic E-state index is -3.83. The number of ether oxygens (including phenoxy) is 3. The van der Waals surface area contributed by atoms with Crippen molar-refractivity contribution in [1.29, 1.82) is 5.26 Å². The maximum atomic E-state index is 14.0. The van der Waals surface area contributed by atoms with Crippen molar-refractivity contribution in [3.05, 3.63) is 68.8 Å². The molecule has 0 saturated carbocycles. The Labute approximate surface area is 214 Å². The summed E-state index contributed by atoms with van der Waals surface area (Å²) in [6.07, 6.45) is 6.84. The fourth-order valence-electron chi connectivity index (χ4n) is 6.20. The first-order valence-corrected chi connectivity index (χ1v) is 14.1. The second kappa shape index (κ2) is 8.18. The molecular weight excluding hydrogens is 498 g/mol. The molecule has 5 aliphatic rings. The lowest BCUT2D eigenvalue weighted by atomic mass is 9.72. The number of methoxy groups -OCH3 is 2. The molecule has 0 spiro atoms. The third kappa shape index (κ3) is 2.99. The summed E-state index contributed by atoms with van der Waals surface area (Å²) in [5, 5.41) is 10.1. The van der Waals surface area contributed by atoms with E-state index < -0.39 is 26.3 Å². The Morgan fingerprint density at radius 1 is 1.25 bits per heavy atom. The zero-order valence-electron chi connectivity index (χ0n) is 20.0. The van der Waals surface area contributed by atoms with Gasteiger partial charge in [0.15, 0.2) is 9.84 Å². The number of rotatable bonds is 3. The van der Waals surface area contributed by atoms with Crippen molar-refractivity contribution >= 4 is 27.8 Å². The van der Waals surface area contributed by atoms with Gasteiger partial charge in [-0.05, 0) is 36.0 Å². The molecule has 4 aliphatic heterocycles. The molecule has 5 atom stereocenters. The first-order chi connectivity index (χ1) is 17.3. The third-order valence-electron chi connectivity index (χ3n) is 7.77. The molecule has 36 heavy (non-hydrogen) atoms. The summed E-state index contributed by atoms with van der Waals surface area (Å²) in [6, 6.07) is 5.76. The first kappa shape index (κ1) is 23.3. The number of thioether (sulfide) groups is 1. The van der Waals surface area contributed by atoms with Crippen LogP contribution in [0.15, 0.2) is 67.6 Å². The van der Waals surface area contributed by atoms with Crippen molar-refractivity contribution in [2.24, 2.45) is 16.6 Å². The average Bonchev–Trinajstić information content (AvgIpc) is 3.49. The highest BCUT2D eigenvalue weighted by atomic mass is 32.3. The van der Waals surface area contributed by atoms with Gasteiger partial charge in [-0.1, -0.05) is 24.8 Å². The highest BCUT2D eigenvalue weighted by Gasteiger charge is 2.55. The zero-order chi connectivity index (χ0) is 25.4. The summed E-state index contributed by atoms with van der Waals surface area (Å²) in [5.74, 6) is 0.165. The van der Waals surface area contributed by atoms with Gasteiger partial charge in [-0.3, -0.25) is 4.99 Å². The third-order valence-corrected chi connectivity index (χ3v) is 11.7. The Balaban J connectivity index is 1.64. The Hall–Kier alpha value is -3.16. The van der Waals surface area contributed by atoms with Gasteiger partial charge in [0.05, 0.1) is 59.7 Å². The van der Waals surface area contributed by atoms with Crippen LogP contribution in [0.5, 0.6) is 5.75 Å². The van der Waals surface area contributed by atoms with E-state index in [1.165, 1.54) is 7.11 Å². The van der Waals surface area contributed by atoms with Crippen LogP contribution in [-0.4, -0.2) is 39.5 Å². The lowest BCUT2D eigenvalue weighted by Crippen LogP contribution is -2.27. The number of nitriles is 1. The van der Waals surface area contributed by atoms with E-state index in [2.05, 4.69) is 18.0 Å². The highest BCUT2D eigenvalue weighted by molar-refractivity contribution is 8.16. The van der Waals surface area contributed by atoms with Gasteiger partial charge in [0.25, 0.3) is 0 Å². The number of hydrogen-bond donors (Lipinski definition) is 1. The lowest BCUT2D eigenvalue weighted by molar-refractivity contribution is 0.170. The van der Waals surface area contributed by atoms with Gasteiger partial charge in [-0.2, -0.15) is 5.26 Å². The molecule has 0 saturated heterocycles. The molecule has 0 fully saturated rings. The van der Waals surface area contributed by atoms with Crippen LogP contribution in [0.4, 0.5) is 0 Å². The Morgan fingerprint density at radius 3 is 2.78 bits per heavy atom. The molecule has 1 aromatic carbocycles. The molecule has 1 aliphatic carbocycles. The molecule has 0 bridgehead atoms. The van der Waals surface area contributed by atoms with Gasteiger partial charge in [-0.15, -0.1) is 0 Å². The standard InChI is InChI=1S/C26H25N3O5S2/c1-12-4-6-18-21-16(11-34-18)19(33-3)10-29-9-15(20(12)21)13-5-7-17(32-2)23-22-14(8-27)25(28)35-26(22)36(30,31)24(13)23/h5,7,9-12,15,18,22,26H,4,6,28H2,1-3H3. The summed E-state index contributed by atoms with van der Waals surface area (Å²) in [4.78, 5) is 4.79. The monoisotopic (exact) mass is 523 g/mol. The maximum absolute atomic E-state index is 14.0. The van der Waals surface area contributed by atoms with Crippen LogP contribution >= 0.6 is 11.8 Å². The number of sulfone groups is 1. The highest BCUT2D eigenvalue weighted by Crippen LogP contribution is 2.60. The molecule has 0 radical (unpaired) electrons. The largest absolute Gasteiger partial charge is 0.496 e. The minimum Gasteiger partial charge on any atom is -0.496 e. The quantitative estimate of drug-likeness (QED) is 0.631. The van der Waals surface area contributed by atoms with Crippen LogP contribution in [-0.2, 0) is 19.3 Å². The van der Waals surface area contributed by atoms with Gasteiger partial charge < -0.3 is 19.9 Å². The van der Waals surface area contributed by atoms with Crippen LogP contribution in [0.1, 0.15) is 42.7 Å². The van der Waals surface area contributed by atoms with Crippen molar-refractivity contribution in [2.75, 3.05) is 14.2 Å². The van der Waals surface area contributed by atoms with E-state index in [1.54, 1.807) is 31.9 Å². The topological polar surface area (TPSA) is 124 Å². The van der Waals surface area contributed by atoms with Gasteiger partial charge >= 0.3 is 0 Å². The molecule has 10 heteroatoms. The molecule has 8 nitrogen and oxygen atoms in total. The summed E-state index contributed by atoms with van der Waals surface area (Å²) in [6.45, 7) is 2.16. The molecule has 0 amide bonds. The molecule has 1 aromatic rings. The summed E-state index contributed by atoms with van der Waals surface area (Å²) in [7, 11) is -0.721. The fraction of sp³-hybridized carbons (Fsp3) is 0.385. The van der Waals surface area contributed by atoms with Crippen LogP contribution < -0.4 is 10.5 Å². The van der Waals surface area contributed by atoms with E-state index in [4.69, 9.17) is 19.9 Å². The smallest absolute Gasteiger partial charge is 0.192 e. The molecule has 186 valence electrons. The number of fused-ring (bicyclic) bond motifs is 3. The Morgan fingerprint density at radius 2 is 2.06 bits per heavy atom. The molecule has 0 aromatic heterocycles. The predicted molar refractivity (Wildman–Crippen MR) is 136 cm³/mol. The lowest BCUT2D eigenvalue weighted by Gasteiger charge is -2.34. The van der Waals surface area contributed by atoms with Crippen molar-refractivity contribution in [1.82, 2.24) is 0 Å². The SMILES string of the molecule is COC1=CN=CC(c2ccc(OC)c3c2S(=O)(=O)C2SC(N)=C(C#N)C32)C2=C3C1=COC3CCC2C. The van der Waals surface area contributed by atoms with Gasteiger partial charge in [-0.25, -0.2) is 8.42 Å². The molecular formula is C26H25N3O5S2. The van der Waals surface area contributed by atoms with E-state index >= 15 is 0 Å². The molecule has 6 rings (SSSR count). The first-order valence-electron chi connectivity index (χ1n) is 11.7. The maximum Gasteiger partial charge on any atom is 0.192 e. The van der Waals surface area contributed by atoms with E-state index in [0.29, 0.717) is 22.6 Å².